The van der Waals surface area contributed by atoms with Crippen LogP contribution in [0.25, 0.3) is 0 Å². The van der Waals surface area contributed by atoms with Crippen LogP contribution in [0, 0.1) is 0 Å². The lowest BCUT2D eigenvalue weighted by Gasteiger charge is -2.22. The number of carbonyl (C=O) groups excluding carboxylic acids is 1. The number of amides is 1. The van der Waals surface area contributed by atoms with E-state index < -0.39 is 0 Å². The number of fused-ring (bicyclic) bond motifs is 1. The standard InChI is InChI=1S/C20H23ClN2O3/c1-3-9-23(4-2)15-7-5-14(6-8-15)20(24)22-17-13-19-18(12-16(17)21)25-10-11-26-19/h5-8,12-13H,3-4,9-11H2,1-2H3,(H,22,24). The molecule has 0 spiro atoms. The molecule has 1 N–H and O–H groups in total. The number of hydrogen-bond acceptors (Lipinski definition) is 4. The third-order valence-electron chi connectivity index (χ3n) is 4.25. The van der Waals surface area contributed by atoms with Crippen molar-refractivity contribution in [2.24, 2.45) is 0 Å². The van der Waals surface area contributed by atoms with E-state index in [1.165, 1.54) is 0 Å². The average molecular weight is 375 g/mol. The Balaban J connectivity index is 1.74. The molecule has 0 radical (unpaired) electrons. The van der Waals surface area contributed by atoms with Crippen molar-refractivity contribution in [2.75, 3.05) is 36.5 Å². The minimum absolute atomic E-state index is 0.214. The smallest absolute Gasteiger partial charge is 0.255 e. The first-order valence-corrected chi connectivity index (χ1v) is 9.25. The average Bonchev–Trinajstić information content (AvgIpc) is 2.67. The number of benzene rings is 2. The fourth-order valence-electron chi connectivity index (χ4n) is 2.92. The Morgan fingerprint density at radius 3 is 2.38 bits per heavy atom. The van der Waals surface area contributed by atoms with Gasteiger partial charge in [-0.2, -0.15) is 0 Å². The highest BCUT2D eigenvalue weighted by Crippen LogP contribution is 2.38. The third kappa shape index (κ3) is 4.05. The van der Waals surface area contributed by atoms with E-state index in [2.05, 4.69) is 24.1 Å². The molecule has 0 aliphatic carbocycles. The molecular weight excluding hydrogens is 352 g/mol. The van der Waals surface area contributed by atoms with Crippen LogP contribution in [0.15, 0.2) is 36.4 Å². The van der Waals surface area contributed by atoms with Crippen LogP contribution in [-0.2, 0) is 0 Å². The van der Waals surface area contributed by atoms with Gasteiger partial charge in [0.05, 0.1) is 10.7 Å². The Bertz CT molecular complexity index is 777. The van der Waals surface area contributed by atoms with Crippen LogP contribution in [0.2, 0.25) is 5.02 Å². The Morgan fingerprint density at radius 1 is 1.12 bits per heavy atom. The van der Waals surface area contributed by atoms with E-state index in [-0.39, 0.29) is 5.91 Å². The molecule has 3 rings (SSSR count). The number of hydrogen-bond donors (Lipinski definition) is 1. The van der Waals surface area contributed by atoms with Crippen LogP contribution in [0.4, 0.5) is 11.4 Å². The number of rotatable bonds is 6. The summed E-state index contributed by atoms with van der Waals surface area (Å²) in [6.07, 6.45) is 1.08. The molecule has 0 aromatic heterocycles. The molecule has 5 nitrogen and oxygen atoms in total. The van der Waals surface area contributed by atoms with Gasteiger partial charge in [0.1, 0.15) is 13.2 Å². The first kappa shape index (κ1) is 18.4. The van der Waals surface area contributed by atoms with E-state index in [4.69, 9.17) is 21.1 Å². The zero-order valence-electron chi connectivity index (χ0n) is 15.0. The number of nitrogens with one attached hydrogen (secondary N) is 1. The summed E-state index contributed by atoms with van der Waals surface area (Å²) in [5.74, 6) is 0.970. The van der Waals surface area contributed by atoms with E-state index >= 15 is 0 Å². The van der Waals surface area contributed by atoms with Gasteiger partial charge in [0, 0.05) is 36.5 Å². The lowest BCUT2D eigenvalue weighted by Crippen LogP contribution is -2.23. The molecule has 1 aliphatic rings. The van der Waals surface area contributed by atoms with Crippen molar-refractivity contribution in [2.45, 2.75) is 20.3 Å². The second-order valence-corrected chi connectivity index (χ2v) is 6.46. The lowest BCUT2D eigenvalue weighted by atomic mass is 10.1. The van der Waals surface area contributed by atoms with Gasteiger partial charge in [-0.3, -0.25) is 4.79 Å². The molecule has 6 heteroatoms. The molecule has 1 amide bonds. The normalized spacial score (nSPS) is 12.6. The third-order valence-corrected chi connectivity index (χ3v) is 4.56. The lowest BCUT2D eigenvalue weighted by molar-refractivity contribution is 0.102. The van der Waals surface area contributed by atoms with Gasteiger partial charge in [0.25, 0.3) is 5.91 Å². The Labute approximate surface area is 158 Å². The molecule has 26 heavy (non-hydrogen) atoms. The Hall–Kier alpha value is -2.40. The van der Waals surface area contributed by atoms with E-state index in [0.717, 1.165) is 25.2 Å². The highest BCUT2D eigenvalue weighted by molar-refractivity contribution is 6.34. The Morgan fingerprint density at radius 2 is 1.77 bits per heavy atom. The van der Waals surface area contributed by atoms with Crippen LogP contribution in [0.1, 0.15) is 30.6 Å². The van der Waals surface area contributed by atoms with Gasteiger partial charge in [0.15, 0.2) is 11.5 Å². The molecule has 0 saturated heterocycles. The van der Waals surface area contributed by atoms with Gasteiger partial charge in [-0.1, -0.05) is 18.5 Å². The van der Waals surface area contributed by atoms with Gasteiger partial charge >= 0.3 is 0 Å². The van der Waals surface area contributed by atoms with Crippen LogP contribution in [0.3, 0.4) is 0 Å². The molecule has 138 valence electrons. The summed E-state index contributed by atoms with van der Waals surface area (Å²) in [7, 11) is 0. The van der Waals surface area contributed by atoms with Crippen LogP contribution in [-0.4, -0.2) is 32.2 Å². The molecule has 1 aliphatic heterocycles. The van der Waals surface area contributed by atoms with Gasteiger partial charge in [0.2, 0.25) is 0 Å². The predicted octanol–water partition coefficient (Wildman–Crippen LogP) is 4.60. The highest BCUT2D eigenvalue weighted by Gasteiger charge is 2.17. The number of anilines is 2. The summed E-state index contributed by atoms with van der Waals surface area (Å²) in [6, 6.07) is 11.0. The zero-order valence-corrected chi connectivity index (χ0v) is 15.8. The summed E-state index contributed by atoms with van der Waals surface area (Å²) < 4.78 is 11.0. The molecule has 0 fully saturated rings. The maximum absolute atomic E-state index is 12.6. The molecule has 0 bridgehead atoms. The molecule has 1 heterocycles. The fraction of sp³-hybridized carbons (Fsp3) is 0.350. The number of nitrogens with zero attached hydrogens (tertiary/aromatic N) is 1. The maximum atomic E-state index is 12.6. The molecule has 2 aromatic rings. The van der Waals surface area contributed by atoms with Crippen molar-refractivity contribution in [1.29, 1.82) is 0 Å². The SMILES string of the molecule is CCCN(CC)c1ccc(C(=O)Nc2cc3c(cc2Cl)OCCO3)cc1. The van der Waals surface area contributed by atoms with E-state index in [0.29, 0.717) is 41.0 Å². The number of halogens is 1. The van der Waals surface area contributed by atoms with Gasteiger partial charge < -0.3 is 19.7 Å². The molecule has 2 aromatic carbocycles. The van der Waals surface area contributed by atoms with Gasteiger partial charge in [-0.05, 0) is 37.6 Å². The summed E-state index contributed by atoms with van der Waals surface area (Å²) >= 11 is 6.26. The van der Waals surface area contributed by atoms with E-state index in [1.807, 2.05) is 24.3 Å². The van der Waals surface area contributed by atoms with Crippen molar-refractivity contribution >= 4 is 28.9 Å². The summed E-state index contributed by atoms with van der Waals surface area (Å²) in [6.45, 7) is 7.19. The molecule has 0 saturated carbocycles. The van der Waals surface area contributed by atoms with Crippen molar-refractivity contribution < 1.29 is 14.3 Å². The van der Waals surface area contributed by atoms with Crippen molar-refractivity contribution in [3.63, 3.8) is 0 Å². The monoisotopic (exact) mass is 374 g/mol. The molecular formula is C20H23ClN2O3. The van der Waals surface area contributed by atoms with Crippen molar-refractivity contribution in [3.8, 4) is 11.5 Å². The maximum Gasteiger partial charge on any atom is 0.255 e. The topological polar surface area (TPSA) is 50.8 Å². The molecule has 0 unspecified atom stereocenters. The second kappa shape index (κ2) is 8.32. The van der Waals surface area contributed by atoms with Crippen LogP contribution < -0.4 is 19.7 Å². The largest absolute Gasteiger partial charge is 0.486 e. The van der Waals surface area contributed by atoms with E-state index in [9.17, 15) is 4.79 Å². The quantitative estimate of drug-likeness (QED) is 0.802. The summed E-state index contributed by atoms with van der Waals surface area (Å²) in [4.78, 5) is 14.8. The van der Waals surface area contributed by atoms with E-state index in [1.54, 1.807) is 12.1 Å². The molecule has 0 atom stereocenters. The number of carbonyl (C=O) groups is 1. The second-order valence-electron chi connectivity index (χ2n) is 6.06. The predicted molar refractivity (Wildman–Crippen MR) is 105 cm³/mol. The van der Waals surface area contributed by atoms with Crippen LogP contribution in [0.5, 0.6) is 11.5 Å². The minimum Gasteiger partial charge on any atom is -0.486 e. The zero-order chi connectivity index (χ0) is 18.5. The minimum atomic E-state index is -0.214. The fourth-order valence-corrected chi connectivity index (χ4v) is 3.12. The first-order valence-electron chi connectivity index (χ1n) is 8.88. The summed E-state index contributed by atoms with van der Waals surface area (Å²) in [5, 5.41) is 3.26. The summed E-state index contributed by atoms with van der Waals surface area (Å²) in [5.41, 5.74) is 2.20. The Kier molecular flexibility index (Phi) is 5.89. The van der Waals surface area contributed by atoms with Crippen LogP contribution >= 0.6 is 11.6 Å². The van der Waals surface area contributed by atoms with Crippen molar-refractivity contribution in [1.82, 2.24) is 0 Å². The van der Waals surface area contributed by atoms with Gasteiger partial charge in [-0.25, -0.2) is 0 Å². The van der Waals surface area contributed by atoms with Gasteiger partial charge in [-0.15, -0.1) is 0 Å². The van der Waals surface area contributed by atoms with Crippen molar-refractivity contribution in [3.05, 3.63) is 47.0 Å². The highest BCUT2D eigenvalue weighted by atomic mass is 35.5. The first-order chi connectivity index (χ1) is 12.6. The number of ether oxygens (including phenoxy) is 2.